The summed E-state index contributed by atoms with van der Waals surface area (Å²) in [6, 6.07) is 8.28. The van der Waals surface area contributed by atoms with Crippen LogP contribution in [0.15, 0.2) is 24.3 Å². The van der Waals surface area contributed by atoms with Gasteiger partial charge < -0.3 is 10.2 Å². The number of nitrogens with one attached hydrogen (secondary N) is 1. The first-order valence-corrected chi connectivity index (χ1v) is 8.40. The number of carbonyl (C=O) groups is 2. The fraction of sp³-hybridized carbons (Fsp3) is 0.579. The van der Waals surface area contributed by atoms with Gasteiger partial charge in [-0.15, -0.1) is 0 Å². The lowest BCUT2D eigenvalue weighted by atomic mass is 9.94. The van der Waals surface area contributed by atoms with Crippen LogP contribution in [0.25, 0.3) is 0 Å². The topological polar surface area (TPSA) is 49.4 Å². The molecule has 0 unspecified atom stereocenters. The van der Waals surface area contributed by atoms with E-state index in [0.717, 1.165) is 31.5 Å². The van der Waals surface area contributed by atoms with Crippen molar-refractivity contribution in [2.45, 2.75) is 53.0 Å². The third kappa shape index (κ3) is 5.08. The number of carbonyl (C=O) groups excluding carboxylic acids is 2. The van der Waals surface area contributed by atoms with Gasteiger partial charge >= 0.3 is 0 Å². The van der Waals surface area contributed by atoms with E-state index in [0.29, 0.717) is 6.42 Å². The van der Waals surface area contributed by atoms with E-state index in [1.54, 1.807) is 0 Å². The third-order valence-corrected chi connectivity index (χ3v) is 4.30. The lowest BCUT2D eigenvalue weighted by Gasteiger charge is -2.33. The molecule has 0 spiro atoms. The molecule has 2 rings (SSSR count). The van der Waals surface area contributed by atoms with Crippen LogP contribution in [0.4, 0.5) is 0 Å². The first-order valence-electron chi connectivity index (χ1n) is 8.40. The second-order valence-corrected chi connectivity index (χ2v) is 7.54. The van der Waals surface area contributed by atoms with Crippen LogP contribution in [0.5, 0.6) is 0 Å². The van der Waals surface area contributed by atoms with Crippen molar-refractivity contribution in [2.24, 2.45) is 5.41 Å². The summed E-state index contributed by atoms with van der Waals surface area (Å²) in [4.78, 5) is 26.4. The molecule has 1 saturated heterocycles. The second kappa shape index (κ2) is 7.16. The standard InChI is InChI=1S/C19H28N2O2/c1-14-6-5-7-15(12-14)13-17(22)21-10-8-16(9-11-21)20-18(23)19(2,3)4/h5-7,12,16H,8-11,13H2,1-4H3,(H,20,23). The van der Waals surface area contributed by atoms with E-state index in [4.69, 9.17) is 0 Å². The van der Waals surface area contributed by atoms with Crippen LogP contribution in [-0.4, -0.2) is 35.8 Å². The van der Waals surface area contributed by atoms with E-state index in [2.05, 4.69) is 11.4 Å². The first kappa shape index (κ1) is 17.5. The Labute approximate surface area is 139 Å². The SMILES string of the molecule is Cc1cccc(CC(=O)N2CCC(NC(=O)C(C)(C)C)CC2)c1. The van der Waals surface area contributed by atoms with Crippen molar-refractivity contribution in [2.75, 3.05) is 13.1 Å². The minimum absolute atomic E-state index is 0.0852. The Morgan fingerprint density at radius 2 is 1.87 bits per heavy atom. The van der Waals surface area contributed by atoms with Crippen molar-refractivity contribution in [3.05, 3.63) is 35.4 Å². The van der Waals surface area contributed by atoms with E-state index in [1.807, 2.05) is 50.8 Å². The zero-order valence-electron chi connectivity index (χ0n) is 14.7. The molecule has 0 saturated carbocycles. The van der Waals surface area contributed by atoms with Crippen molar-refractivity contribution in [3.8, 4) is 0 Å². The van der Waals surface area contributed by atoms with E-state index < -0.39 is 0 Å². The number of likely N-dealkylation sites (tertiary alicyclic amines) is 1. The van der Waals surface area contributed by atoms with Crippen LogP contribution in [0.3, 0.4) is 0 Å². The summed E-state index contributed by atoms with van der Waals surface area (Å²) in [5, 5.41) is 3.10. The highest BCUT2D eigenvalue weighted by Gasteiger charge is 2.27. The van der Waals surface area contributed by atoms with Crippen LogP contribution < -0.4 is 5.32 Å². The highest BCUT2D eigenvalue weighted by Crippen LogP contribution is 2.17. The molecule has 1 aromatic rings. The van der Waals surface area contributed by atoms with E-state index in [1.165, 1.54) is 5.56 Å². The fourth-order valence-corrected chi connectivity index (χ4v) is 2.78. The van der Waals surface area contributed by atoms with Crippen molar-refractivity contribution in [3.63, 3.8) is 0 Å². The lowest BCUT2D eigenvalue weighted by Crippen LogP contribution is -2.49. The number of rotatable bonds is 3. The minimum Gasteiger partial charge on any atom is -0.353 e. The van der Waals surface area contributed by atoms with Gasteiger partial charge in [0.2, 0.25) is 11.8 Å². The van der Waals surface area contributed by atoms with Crippen molar-refractivity contribution < 1.29 is 9.59 Å². The summed E-state index contributed by atoms with van der Waals surface area (Å²) in [7, 11) is 0. The summed E-state index contributed by atoms with van der Waals surface area (Å²) in [5.74, 6) is 0.262. The molecule has 1 fully saturated rings. The number of piperidine rings is 1. The van der Waals surface area contributed by atoms with Gasteiger partial charge in [0.05, 0.1) is 6.42 Å². The number of nitrogens with zero attached hydrogens (tertiary/aromatic N) is 1. The van der Waals surface area contributed by atoms with Crippen LogP contribution >= 0.6 is 0 Å². The monoisotopic (exact) mass is 316 g/mol. The fourth-order valence-electron chi connectivity index (χ4n) is 2.78. The Balaban J connectivity index is 1.82. The number of amides is 2. The van der Waals surface area contributed by atoms with Gasteiger partial charge in [0.15, 0.2) is 0 Å². The molecular weight excluding hydrogens is 288 g/mol. The molecule has 0 radical (unpaired) electrons. The average molecular weight is 316 g/mol. The molecule has 0 aromatic heterocycles. The third-order valence-electron chi connectivity index (χ3n) is 4.30. The highest BCUT2D eigenvalue weighted by atomic mass is 16.2. The molecule has 23 heavy (non-hydrogen) atoms. The smallest absolute Gasteiger partial charge is 0.226 e. The van der Waals surface area contributed by atoms with Crippen molar-refractivity contribution >= 4 is 11.8 Å². The van der Waals surface area contributed by atoms with Crippen LogP contribution in [0.1, 0.15) is 44.7 Å². The molecule has 4 heteroatoms. The Bertz CT molecular complexity index is 567. The van der Waals surface area contributed by atoms with Gasteiger partial charge in [-0.1, -0.05) is 50.6 Å². The van der Waals surface area contributed by atoms with E-state index in [-0.39, 0.29) is 23.3 Å². The Morgan fingerprint density at radius 3 is 2.43 bits per heavy atom. The number of aryl methyl sites for hydroxylation is 1. The molecule has 1 aromatic carbocycles. The van der Waals surface area contributed by atoms with Crippen LogP contribution in [0.2, 0.25) is 0 Å². The molecule has 1 aliphatic heterocycles. The maximum absolute atomic E-state index is 12.4. The highest BCUT2D eigenvalue weighted by molar-refractivity contribution is 5.82. The molecular formula is C19H28N2O2. The summed E-state index contributed by atoms with van der Waals surface area (Å²) < 4.78 is 0. The van der Waals surface area contributed by atoms with Crippen LogP contribution in [0, 0.1) is 12.3 Å². The van der Waals surface area contributed by atoms with Crippen molar-refractivity contribution in [1.82, 2.24) is 10.2 Å². The maximum atomic E-state index is 12.4. The molecule has 0 atom stereocenters. The molecule has 0 aliphatic carbocycles. The lowest BCUT2D eigenvalue weighted by molar-refractivity contribution is -0.132. The minimum atomic E-state index is -0.363. The number of benzene rings is 1. The molecule has 2 amide bonds. The first-order chi connectivity index (χ1) is 10.8. The maximum Gasteiger partial charge on any atom is 0.226 e. The summed E-state index contributed by atoms with van der Waals surface area (Å²) in [6.07, 6.45) is 2.13. The van der Waals surface area contributed by atoms with Gasteiger partial charge in [0.1, 0.15) is 0 Å². The Morgan fingerprint density at radius 1 is 1.22 bits per heavy atom. The summed E-state index contributed by atoms with van der Waals surface area (Å²) in [6.45, 7) is 9.24. The predicted octanol–water partition coefficient (Wildman–Crippen LogP) is 2.69. The normalized spacial score (nSPS) is 16.3. The number of hydrogen-bond donors (Lipinski definition) is 1. The summed E-state index contributed by atoms with van der Waals surface area (Å²) in [5.41, 5.74) is 1.88. The van der Waals surface area contributed by atoms with Gasteiger partial charge in [-0.25, -0.2) is 0 Å². The quantitative estimate of drug-likeness (QED) is 0.932. The second-order valence-electron chi connectivity index (χ2n) is 7.54. The predicted molar refractivity (Wildman–Crippen MR) is 92.1 cm³/mol. The van der Waals surface area contributed by atoms with Gasteiger partial charge in [-0.2, -0.15) is 0 Å². The molecule has 0 bridgehead atoms. The number of hydrogen-bond acceptors (Lipinski definition) is 2. The average Bonchev–Trinajstić information content (AvgIpc) is 2.47. The Hall–Kier alpha value is -1.84. The molecule has 1 N–H and O–H groups in total. The van der Waals surface area contributed by atoms with Gasteiger partial charge in [-0.05, 0) is 25.3 Å². The molecule has 4 nitrogen and oxygen atoms in total. The van der Waals surface area contributed by atoms with Crippen LogP contribution in [-0.2, 0) is 16.0 Å². The van der Waals surface area contributed by atoms with E-state index in [9.17, 15) is 9.59 Å². The summed E-state index contributed by atoms with van der Waals surface area (Å²) >= 11 is 0. The largest absolute Gasteiger partial charge is 0.353 e. The van der Waals surface area contributed by atoms with Gasteiger partial charge in [0.25, 0.3) is 0 Å². The molecule has 126 valence electrons. The zero-order valence-corrected chi connectivity index (χ0v) is 14.7. The zero-order chi connectivity index (χ0) is 17.0. The Kier molecular flexibility index (Phi) is 5.45. The van der Waals surface area contributed by atoms with Gasteiger partial charge in [-0.3, -0.25) is 9.59 Å². The van der Waals surface area contributed by atoms with Crippen molar-refractivity contribution in [1.29, 1.82) is 0 Å². The van der Waals surface area contributed by atoms with Gasteiger partial charge in [0, 0.05) is 24.5 Å². The van der Waals surface area contributed by atoms with E-state index >= 15 is 0 Å². The molecule has 1 heterocycles. The molecule has 1 aliphatic rings.